The van der Waals surface area contributed by atoms with Crippen molar-refractivity contribution in [2.75, 3.05) is 11.6 Å². The number of benzene rings is 2. The third-order valence-corrected chi connectivity index (χ3v) is 4.21. The standard InChI is InChI=1S/C17H13ClN2O4/c18-12-5-6-14-15(9-12)23-17(22)19(14)10-16(21)24-20-8-7-11-3-1-2-4-13(11)20/h1-6,9H,7-8,10H2. The van der Waals surface area contributed by atoms with Crippen LogP contribution in [0.3, 0.4) is 0 Å². The average molecular weight is 345 g/mol. The molecular formula is C17H13ClN2O4. The first kappa shape index (κ1) is 14.8. The fraction of sp³-hybridized carbons (Fsp3) is 0.176. The number of carbonyl (C=O) groups is 1. The summed E-state index contributed by atoms with van der Waals surface area (Å²) in [6.07, 6.45) is 0.816. The lowest BCUT2D eigenvalue weighted by molar-refractivity contribution is -0.145. The monoisotopic (exact) mass is 344 g/mol. The Kier molecular flexibility index (Phi) is 3.54. The summed E-state index contributed by atoms with van der Waals surface area (Å²) in [7, 11) is 0. The first-order valence-corrected chi connectivity index (χ1v) is 7.85. The number of para-hydroxylation sites is 1. The van der Waals surface area contributed by atoms with E-state index in [0.29, 0.717) is 22.7 Å². The fourth-order valence-electron chi connectivity index (χ4n) is 2.87. The van der Waals surface area contributed by atoms with Crippen molar-refractivity contribution in [1.82, 2.24) is 4.57 Å². The highest BCUT2D eigenvalue weighted by atomic mass is 35.5. The maximum absolute atomic E-state index is 12.2. The second-order valence-electron chi connectivity index (χ2n) is 5.51. The van der Waals surface area contributed by atoms with E-state index < -0.39 is 11.7 Å². The van der Waals surface area contributed by atoms with Crippen LogP contribution >= 0.6 is 11.6 Å². The first-order valence-electron chi connectivity index (χ1n) is 7.47. The number of halogens is 1. The molecule has 4 rings (SSSR count). The fourth-order valence-corrected chi connectivity index (χ4v) is 3.04. The summed E-state index contributed by atoms with van der Waals surface area (Å²) >= 11 is 5.88. The van der Waals surface area contributed by atoms with Gasteiger partial charge in [-0.05, 0) is 30.2 Å². The van der Waals surface area contributed by atoms with Gasteiger partial charge in [-0.2, -0.15) is 0 Å². The lowest BCUT2D eigenvalue weighted by Gasteiger charge is -2.18. The van der Waals surface area contributed by atoms with E-state index in [1.54, 1.807) is 17.2 Å². The number of hydrogen-bond donors (Lipinski definition) is 0. The van der Waals surface area contributed by atoms with Gasteiger partial charge in [0, 0.05) is 11.1 Å². The number of aromatic nitrogens is 1. The summed E-state index contributed by atoms with van der Waals surface area (Å²) in [6, 6.07) is 12.6. The van der Waals surface area contributed by atoms with Crippen molar-refractivity contribution in [2.24, 2.45) is 0 Å². The predicted molar refractivity (Wildman–Crippen MR) is 89.1 cm³/mol. The number of anilines is 1. The van der Waals surface area contributed by atoms with E-state index in [1.165, 1.54) is 10.6 Å². The van der Waals surface area contributed by atoms with Crippen LogP contribution in [-0.4, -0.2) is 17.1 Å². The van der Waals surface area contributed by atoms with Crippen molar-refractivity contribution in [1.29, 1.82) is 0 Å². The minimum atomic E-state index is -0.619. The molecule has 0 spiro atoms. The molecule has 1 aromatic heterocycles. The molecule has 0 saturated carbocycles. The Morgan fingerprint density at radius 2 is 2.08 bits per heavy atom. The van der Waals surface area contributed by atoms with Gasteiger partial charge in [-0.3, -0.25) is 4.57 Å². The van der Waals surface area contributed by atoms with Crippen LogP contribution in [0.5, 0.6) is 0 Å². The number of oxazole rings is 1. The van der Waals surface area contributed by atoms with Crippen LogP contribution in [0.1, 0.15) is 5.56 Å². The molecule has 0 amide bonds. The Morgan fingerprint density at radius 3 is 2.96 bits per heavy atom. The molecule has 0 saturated heterocycles. The molecule has 0 radical (unpaired) electrons. The van der Waals surface area contributed by atoms with Crippen molar-refractivity contribution in [3.05, 3.63) is 63.6 Å². The van der Waals surface area contributed by atoms with E-state index in [1.807, 2.05) is 24.3 Å². The number of hydrogen-bond acceptors (Lipinski definition) is 5. The molecule has 2 aromatic carbocycles. The number of fused-ring (bicyclic) bond motifs is 2. The molecule has 1 aliphatic rings. The molecule has 3 aromatic rings. The summed E-state index contributed by atoms with van der Waals surface area (Å²) < 4.78 is 6.34. The maximum Gasteiger partial charge on any atom is 0.420 e. The van der Waals surface area contributed by atoms with E-state index in [0.717, 1.165) is 17.7 Å². The topological polar surface area (TPSA) is 64.7 Å². The molecule has 0 fully saturated rings. The summed E-state index contributed by atoms with van der Waals surface area (Å²) in [6.45, 7) is 0.369. The molecule has 0 atom stereocenters. The predicted octanol–water partition coefficient (Wildman–Crippen LogP) is 2.77. The van der Waals surface area contributed by atoms with Gasteiger partial charge in [-0.25, -0.2) is 14.7 Å². The molecule has 24 heavy (non-hydrogen) atoms. The summed E-state index contributed by atoms with van der Waals surface area (Å²) in [5.41, 5.74) is 2.85. The van der Waals surface area contributed by atoms with Gasteiger partial charge in [0.1, 0.15) is 6.54 Å². The van der Waals surface area contributed by atoms with Crippen molar-refractivity contribution >= 4 is 34.4 Å². The number of nitrogens with zero attached hydrogens (tertiary/aromatic N) is 2. The summed E-state index contributed by atoms with van der Waals surface area (Å²) in [5.74, 6) is -1.16. The Bertz CT molecular complexity index is 992. The number of hydroxylamine groups is 1. The van der Waals surface area contributed by atoms with Crippen LogP contribution in [0.4, 0.5) is 5.69 Å². The zero-order chi connectivity index (χ0) is 16.7. The molecular weight excluding hydrogens is 332 g/mol. The number of rotatable bonds is 3. The molecule has 1 aliphatic heterocycles. The van der Waals surface area contributed by atoms with Crippen LogP contribution in [0.15, 0.2) is 51.7 Å². The third kappa shape index (κ3) is 2.55. The molecule has 2 heterocycles. The highest BCUT2D eigenvalue weighted by Crippen LogP contribution is 2.27. The lowest BCUT2D eigenvalue weighted by atomic mass is 10.2. The van der Waals surface area contributed by atoms with Crippen molar-refractivity contribution in [3.8, 4) is 0 Å². The average Bonchev–Trinajstić information content (AvgIpc) is 3.09. The molecule has 0 aliphatic carbocycles. The van der Waals surface area contributed by atoms with E-state index in [2.05, 4.69) is 0 Å². The minimum Gasteiger partial charge on any atom is -0.408 e. The second-order valence-corrected chi connectivity index (χ2v) is 5.95. The normalized spacial score (nSPS) is 13.3. The second kappa shape index (κ2) is 5.72. The largest absolute Gasteiger partial charge is 0.420 e. The Hall–Kier alpha value is -2.73. The van der Waals surface area contributed by atoms with E-state index >= 15 is 0 Å². The van der Waals surface area contributed by atoms with E-state index in [9.17, 15) is 9.59 Å². The van der Waals surface area contributed by atoms with Crippen LogP contribution in [0.2, 0.25) is 5.02 Å². The van der Waals surface area contributed by atoms with E-state index in [-0.39, 0.29) is 6.54 Å². The van der Waals surface area contributed by atoms with Crippen molar-refractivity contribution in [3.63, 3.8) is 0 Å². The van der Waals surface area contributed by atoms with Gasteiger partial charge < -0.3 is 9.25 Å². The minimum absolute atomic E-state index is 0.230. The molecule has 6 nitrogen and oxygen atoms in total. The zero-order valence-corrected chi connectivity index (χ0v) is 13.3. The van der Waals surface area contributed by atoms with Crippen LogP contribution in [-0.2, 0) is 22.6 Å². The Morgan fingerprint density at radius 1 is 1.25 bits per heavy atom. The van der Waals surface area contributed by atoms with Crippen molar-refractivity contribution < 1.29 is 14.0 Å². The highest BCUT2D eigenvalue weighted by Gasteiger charge is 2.23. The third-order valence-electron chi connectivity index (χ3n) is 3.97. The molecule has 0 unspecified atom stereocenters. The van der Waals surface area contributed by atoms with Gasteiger partial charge >= 0.3 is 11.7 Å². The van der Waals surface area contributed by atoms with Crippen LogP contribution in [0, 0.1) is 0 Å². The van der Waals surface area contributed by atoms with Gasteiger partial charge in [0.2, 0.25) is 0 Å². The first-order chi connectivity index (χ1) is 11.6. The molecule has 0 bridgehead atoms. The summed E-state index contributed by atoms with van der Waals surface area (Å²) in [4.78, 5) is 29.6. The van der Waals surface area contributed by atoms with Gasteiger partial charge in [0.15, 0.2) is 5.58 Å². The van der Waals surface area contributed by atoms with Gasteiger partial charge in [0.25, 0.3) is 0 Å². The van der Waals surface area contributed by atoms with Gasteiger partial charge in [-0.1, -0.05) is 29.8 Å². The Labute approximate surface area is 141 Å². The molecule has 0 N–H and O–H groups in total. The number of carbonyl (C=O) groups excluding carboxylic acids is 1. The van der Waals surface area contributed by atoms with Crippen LogP contribution < -0.4 is 10.8 Å². The quantitative estimate of drug-likeness (QED) is 0.731. The van der Waals surface area contributed by atoms with Gasteiger partial charge in [0.05, 0.1) is 17.7 Å². The van der Waals surface area contributed by atoms with E-state index in [4.69, 9.17) is 20.9 Å². The lowest BCUT2D eigenvalue weighted by Crippen LogP contribution is -2.29. The zero-order valence-electron chi connectivity index (χ0n) is 12.6. The van der Waals surface area contributed by atoms with Crippen molar-refractivity contribution in [2.45, 2.75) is 13.0 Å². The SMILES string of the molecule is O=C(Cn1c(=O)oc2cc(Cl)ccc21)ON1CCc2ccccc21. The van der Waals surface area contributed by atoms with Gasteiger partial charge in [-0.15, -0.1) is 0 Å². The smallest absolute Gasteiger partial charge is 0.408 e. The molecule has 7 heteroatoms. The van der Waals surface area contributed by atoms with Crippen LogP contribution in [0.25, 0.3) is 11.1 Å². The Balaban J connectivity index is 1.55. The maximum atomic E-state index is 12.2. The highest BCUT2D eigenvalue weighted by molar-refractivity contribution is 6.31. The summed E-state index contributed by atoms with van der Waals surface area (Å²) in [5, 5.41) is 2.02. The molecule has 122 valence electrons.